The molecule has 2 saturated heterocycles. The first-order valence-corrected chi connectivity index (χ1v) is 7.14. The van der Waals surface area contributed by atoms with Crippen molar-refractivity contribution in [1.82, 2.24) is 15.1 Å². The molecule has 2 rings (SSSR count). The molecule has 2 unspecified atom stereocenters. The van der Waals surface area contributed by atoms with Gasteiger partial charge >= 0.3 is 0 Å². The highest BCUT2D eigenvalue weighted by Gasteiger charge is 2.40. The Morgan fingerprint density at radius 1 is 1.33 bits per heavy atom. The Morgan fingerprint density at radius 3 is 2.67 bits per heavy atom. The molecule has 4 nitrogen and oxygen atoms in total. The van der Waals surface area contributed by atoms with E-state index in [0.717, 1.165) is 32.6 Å². The Labute approximate surface area is 111 Å². The SMILES string of the molecule is CC1CN(C(=O)C2NCCCC2(C)C)CCN1C. The zero-order valence-electron chi connectivity index (χ0n) is 12.2. The van der Waals surface area contributed by atoms with E-state index in [9.17, 15) is 4.79 Å². The quantitative estimate of drug-likeness (QED) is 0.755. The Hall–Kier alpha value is -0.610. The maximum Gasteiger partial charge on any atom is 0.240 e. The molecule has 104 valence electrons. The van der Waals surface area contributed by atoms with Crippen LogP contribution < -0.4 is 5.32 Å². The highest BCUT2D eigenvalue weighted by atomic mass is 16.2. The fourth-order valence-corrected chi connectivity index (χ4v) is 3.06. The average molecular weight is 253 g/mol. The summed E-state index contributed by atoms with van der Waals surface area (Å²) < 4.78 is 0. The first-order chi connectivity index (χ1) is 8.42. The molecule has 1 N–H and O–H groups in total. The highest BCUT2D eigenvalue weighted by molar-refractivity contribution is 5.83. The second-order valence-corrected chi connectivity index (χ2v) is 6.59. The van der Waals surface area contributed by atoms with Crippen LogP contribution in [0.25, 0.3) is 0 Å². The minimum atomic E-state index is 0.00172. The molecule has 0 radical (unpaired) electrons. The lowest BCUT2D eigenvalue weighted by molar-refractivity contribution is -0.140. The largest absolute Gasteiger partial charge is 0.338 e. The maximum absolute atomic E-state index is 12.7. The molecule has 2 aliphatic rings. The van der Waals surface area contributed by atoms with Crippen molar-refractivity contribution in [2.75, 3.05) is 33.2 Å². The second-order valence-electron chi connectivity index (χ2n) is 6.59. The first kappa shape index (κ1) is 13.8. The molecule has 18 heavy (non-hydrogen) atoms. The number of carbonyl (C=O) groups is 1. The molecule has 0 saturated carbocycles. The summed E-state index contributed by atoms with van der Waals surface area (Å²) in [6.07, 6.45) is 2.32. The molecule has 2 aliphatic heterocycles. The van der Waals surface area contributed by atoms with E-state index in [0.29, 0.717) is 11.9 Å². The van der Waals surface area contributed by atoms with Crippen LogP contribution in [0.4, 0.5) is 0 Å². The van der Waals surface area contributed by atoms with E-state index in [4.69, 9.17) is 0 Å². The smallest absolute Gasteiger partial charge is 0.240 e. The van der Waals surface area contributed by atoms with Crippen molar-refractivity contribution in [3.8, 4) is 0 Å². The number of piperidine rings is 1. The van der Waals surface area contributed by atoms with Gasteiger partial charge in [-0.15, -0.1) is 0 Å². The monoisotopic (exact) mass is 253 g/mol. The molecule has 1 amide bonds. The molecule has 0 spiro atoms. The Morgan fingerprint density at radius 2 is 2.06 bits per heavy atom. The van der Waals surface area contributed by atoms with Gasteiger partial charge in [0.1, 0.15) is 0 Å². The van der Waals surface area contributed by atoms with E-state index in [1.54, 1.807) is 0 Å². The van der Waals surface area contributed by atoms with Gasteiger partial charge in [-0.2, -0.15) is 0 Å². The van der Waals surface area contributed by atoms with Gasteiger partial charge in [-0.05, 0) is 38.8 Å². The minimum absolute atomic E-state index is 0.00172. The molecule has 2 fully saturated rings. The van der Waals surface area contributed by atoms with E-state index in [1.807, 2.05) is 0 Å². The van der Waals surface area contributed by atoms with Crippen LogP contribution in [0.15, 0.2) is 0 Å². The summed E-state index contributed by atoms with van der Waals surface area (Å²) in [5.41, 5.74) is 0.0852. The number of piperazine rings is 1. The van der Waals surface area contributed by atoms with Gasteiger partial charge in [0.25, 0.3) is 0 Å². The van der Waals surface area contributed by atoms with Gasteiger partial charge in [0, 0.05) is 25.7 Å². The lowest BCUT2D eigenvalue weighted by Gasteiger charge is -2.44. The molecule has 0 aromatic rings. The number of carbonyl (C=O) groups excluding carboxylic acids is 1. The number of rotatable bonds is 1. The lowest BCUT2D eigenvalue weighted by atomic mass is 9.77. The maximum atomic E-state index is 12.7. The van der Waals surface area contributed by atoms with Crippen LogP contribution in [0.5, 0.6) is 0 Å². The van der Waals surface area contributed by atoms with Crippen LogP contribution >= 0.6 is 0 Å². The molecular weight excluding hydrogens is 226 g/mol. The van der Waals surface area contributed by atoms with Crippen molar-refractivity contribution in [3.63, 3.8) is 0 Å². The van der Waals surface area contributed by atoms with Gasteiger partial charge in [-0.25, -0.2) is 0 Å². The summed E-state index contributed by atoms with van der Waals surface area (Å²) >= 11 is 0. The van der Waals surface area contributed by atoms with E-state index < -0.39 is 0 Å². The van der Waals surface area contributed by atoms with Crippen molar-refractivity contribution >= 4 is 5.91 Å². The molecule has 0 aliphatic carbocycles. The van der Waals surface area contributed by atoms with Gasteiger partial charge in [0.2, 0.25) is 5.91 Å². The second kappa shape index (κ2) is 5.17. The van der Waals surface area contributed by atoms with Crippen LogP contribution in [-0.2, 0) is 4.79 Å². The van der Waals surface area contributed by atoms with Gasteiger partial charge in [0.15, 0.2) is 0 Å². The van der Waals surface area contributed by atoms with Gasteiger partial charge in [-0.3, -0.25) is 4.79 Å². The molecule has 2 heterocycles. The van der Waals surface area contributed by atoms with E-state index in [1.165, 1.54) is 6.42 Å². The van der Waals surface area contributed by atoms with Crippen molar-refractivity contribution in [3.05, 3.63) is 0 Å². The topological polar surface area (TPSA) is 35.6 Å². The molecule has 0 aromatic heterocycles. The van der Waals surface area contributed by atoms with Crippen LogP contribution in [0.3, 0.4) is 0 Å². The van der Waals surface area contributed by atoms with Crippen molar-refractivity contribution in [1.29, 1.82) is 0 Å². The third-order valence-corrected chi connectivity index (χ3v) is 4.65. The van der Waals surface area contributed by atoms with Crippen LogP contribution in [0.1, 0.15) is 33.6 Å². The van der Waals surface area contributed by atoms with Crippen LogP contribution in [0, 0.1) is 5.41 Å². The van der Waals surface area contributed by atoms with E-state index >= 15 is 0 Å². The van der Waals surface area contributed by atoms with Crippen LogP contribution in [-0.4, -0.2) is 61.0 Å². The zero-order chi connectivity index (χ0) is 13.3. The number of hydrogen-bond acceptors (Lipinski definition) is 3. The van der Waals surface area contributed by atoms with E-state index in [-0.39, 0.29) is 11.5 Å². The van der Waals surface area contributed by atoms with Gasteiger partial charge < -0.3 is 15.1 Å². The van der Waals surface area contributed by atoms with Gasteiger partial charge in [0.05, 0.1) is 6.04 Å². The number of nitrogens with zero attached hydrogens (tertiary/aromatic N) is 2. The number of hydrogen-bond donors (Lipinski definition) is 1. The fraction of sp³-hybridized carbons (Fsp3) is 0.929. The lowest BCUT2D eigenvalue weighted by Crippen LogP contribution is -2.61. The Bertz CT molecular complexity index is 316. The molecule has 2 atom stereocenters. The number of likely N-dealkylation sites (N-methyl/N-ethyl adjacent to an activating group) is 1. The standard InChI is InChI=1S/C14H27N3O/c1-11-10-17(9-8-16(11)4)13(18)12-14(2,3)6-5-7-15-12/h11-12,15H,5-10H2,1-4H3. The first-order valence-electron chi connectivity index (χ1n) is 7.14. The molecule has 0 aromatic carbocycles. The Kier molecular flexibility index (Phi) is 3.97. The van der Waals surface area contributed by atoms with Crippen molar-refractivity contribution in [2.45, 2.75) is 45.7 Å². The zero-order valence-corrected chi connectivity index (χ0v) is 12.2. The summed E-state index contributed by atoms with van der Waals surface area (Å²) in [4.78, 5) is 17.0. The molecule has 0 bridgehead atoms. The Balaban J connectivity index is 2.02. The predicted molar refractivity (Wildman–Crippen MR) is 73.5 cm³/mol. The van der Waals surface area contributed by atoms with E-state index in [2.05, 4.69) is 42.9 Å². The summed E-state index contributed by atoms with van der Waals surface area (Å²) in [5, 5.41) is 3.43. The third kappa shape index (κ3) is 2.69. The normalized spacial score (nSPS) is 33.4. The predicted octanol–water partition coefficient (Wildman–Crippen LogP) is 0.927. The summed E-state index contributed by atoms with van der Waals surface area (Å²) in [6.45, 7) is 10.3. The summed E-state index contributed by atoms with van der Waals surface area (Å²) in [7, 11) is 2.13. The van der Waals surface area contributed by atoms with Crippen LogP contribution in [0.2, 0.25) is 0 Å². The molecular formula is C14H27N3O. The average Bonchev–Trinajstić information content (AvgIpc) is 2.31. The molecule has 4 heteroatoms. The van der Waals surface area contributed by atoms with Crippen molar-refractivity contribution < 1.29 is 4.79 Å². The summed E-state index contributed by atoms with van der Waals surface area (Å²) in [5.74, 6) is 0.305. The van der Waals surface area contributed by atoms with Gasteiger partial charge in [-0.1, -0.05) is 13.8 Å². The minimum Gasteiger partial charge on any atom is -0.338 e. The van der Waals surface area contributed by atoms with Crippen molar-refractivity contribution in [2.24, 2.45) is 5.41 Å². The fourth-order valence-electron chi connectivity index (χ4n) is 3.06. The highest BCUT2D eigenvalue weighted by Crippen LogP contribution is 2.31. The number of amides is 1. The number of nitrogens with one attached hydrogen (secondary N) is 1. The third-order valence-electron chi connectivity index (χ3n) is 4.65. The summed E-state index contributed by atoms with van der Waals surface area (Å²) in [6, 6.07) is 0.469.